The van der Waals surface area contributed by atoms with Crippen LogP contribution >= 0.6 is 0 Å². The number of carbonyl (C=O) groups is 1. The monoisotopic (exact) mass is 243 g/mol. The Morgan fingerprint density at radius 2 is 1.94 bits per heavy atom. The zero-order valence-electron chi connectivity index (χ0n) is 8.84. The molecule has 1 rings (SSSR count). The van der Waals surface area contributed by atoms with Gasteiger partial charge >= 0.3 is 6.09 Å². The molecule has 1 N–H and O–H groups in total. The first-order valence-electron chi connectivity index (χ1n) is 4.66. The van der Waals surface area contributed by atoms with Gasteiger partial charge in [0.1, 0.15) is 0 Å². The van der Waals surface area contributed by atoms with Crippen molar-refractivity contribution in [2.45, 2.75) is 6.42 Å². The van der Waals surface area contributed by atoms with Crippen LogP contribution in [0.1, 0.15) is 5.56 Å². The minimum Gasteiger partial charge on any atom is -0.449 e. The lowest BCUT2D eigenvalue weighted by Gasteiger charge is -2.05. The number of ether oxygens (including phenoxy) is 1. The third-order valence-corrected chi connectivity index (χ3v) is 2.27. The standard InChI is InChI=1S/C10H13NO4S/c1-16(13,14)11-10(12)15-8-7-9-5-3-2-4-6-9/h2-6H,7-8H2,1H3,(H,11,12). The molecule has 0 aliphatic carbocycles. The van der Waals surface area contributed by atoms with Gasteiger partial charge in [0.05, 0.1) is 12.9 Å². The molecule has 0 bridgehead atoms. The van der Waals surface area contributed by atoms with Crippen LogP contribution in [0, 0.1) is 0 Å². The van der Waals surface area contributed by atoms with Crippen molar-refractivity contribution < 1.29 is 17.9 Å². The van der Waals surface area contributed by atoms with Crippen LogP contribution in [0.5, 0.6) is 0 Å². The Hall–Kier alpha value is -1.56. The van der Waals surface area contributed by atoms with Crippen LogP contribution < -0.4 is 4.72 Å². The van der Waals surface area contributed by atoms with Crippen LogP contribution in [-0.4, -0.2) is 27.4 Å². The molecule has 0 fully saturated rings. The lowest BCUT2D eigenvalue weighted by molar-refractivity contribution is 0.154. The second kappa shape index (κ2) is 5.50. The fourth-order valence-corrected chi connectivity index (χ4v) is 1.45. The third kappa shape index (κ3) is 5.35. The number of hydrogen-bond acceptors (Lipinski definition) is 4. The molecule has 88 valence electrons. The normalized spacial score (nSPS) is 10.8. The van der Waals surface area contributed by atoms with Crippen LogP contribution in [-0.2, 0) is 21.2 Å². The van der Waals surface area contributed by atoms with Gasteiger partial charge in [0.2, 0.25) is 10.0 Å². The molecule has 1 amide bonds. The van der Waals surface area contributed by atoms with Crippen molar-refractivity contribution in [3.8, 4) is 0 Å². The van der Waals surface area contributed by atoms with Crippen LogP contribution in [0.3, 0.4) is 0 Å². The summed E-state index contributed by atoms with van der Waals surface area (Å²) < 4.78 is 27.7. The highest BCUT2D eigenvalue weighted by atomic mass is 32.2. The lowest BCUT2D eigenvalue weighted by Crippen LogP contribution is -2.30. The third-order valence-electron chi connectivity index (χ3n) is 1.74. The maximum Gasteiger partial charge on any atom is 0.420 e. The molecule has 0 aliphatic heterocycles. The van der Waals surface area contributed by atoms with E-state index in [9.17, 15) is 13.2 Å². The maximum atomic E-state index is 10.9. The van der Waals surface area contributed by atoms with Crippen molar-refractivity contribution in [2.24, 2.45) is 0 Å². The molecule has 0 spiro atoms. The van der Waals surface area contributed by atoms with E-state index >= 15 is 0 Å². The molecule has 1 aromatic carbocycles. The number of benzene rings is 1. The molecule has 0 atom stereocenters. The Morgan fingerprint density at radius 1 is 1.31 bits per heavy atom. The van der Waals surface area contributed by atoms with Crippen molar-refractivity contribution in [3.05, 3.63) is 35.9 Å². The number of hydrogen-bond donors (Lipinski definition) is 1. The van der Waals surface area contributed by atoms with Gasteiger partial charge in [-0.25, -0.2) is 17.9 Å². The summed E-state index contributed by atoms with van der Waals surface area (Å²) in [6.07, 6.45) is 0.502. The van der Waals surface area contributed by atoms with E-state index in [4.69, 9.17) is 4.74 Å². The number of carbonyl (C=O) groups excluding carboxylic acids is 1. The van der Waals surface area contributed by atoms with Gasteiger partial charge in [0, 0.05) is 6.42 Å². The van der Waals surface area contributed by atoms with Gasteiger partial charge in [-0.3, -0.25) is 0 Å². The zero-order valence-corrected chi connectivity index (χ0v) is 9.66. The van der Waals surface area contributed by atoms with Crippen molar-refractivity contribution in [1.82, 2.24) is 4.72 Å². The van der Waals surface area contributed by atoms with E-state index < -0.39 is 16.1 Å². The first kappa shape index (κ1) is 12.5. The van der Waals surface area contributed by atoms with E-state index in [1.807, 2.05) is 30.3 Å². The topological polar surface area (TPSA) is 72.5 Å². The summed E-state index contributed by atoms with van der Waals surface area (Å²) >= 11 is 0. The smallest absolute Gasteiger partial charge is 0.420 e. The van der Waals surface area contributed by atoms with Gasteiger partial charge < -0.3 is 4.74 Å². The Bertz CT molecular complexity index is 441. The first-order chi connectivity index (χ1) is 7.47. The highest BCUT2D eigenvalue weighted by Gasteiger charge is 2.08. The summed E-state index contributed by atoms with van der Waals surface area (Å²) in [5, 5.41) is 0. The molecule has 0 aromatic heterocycles. The van der Waals surface area contributed by atoms with E-state index in [0.29, 0.717) is 6.42 Å². The predicted octanol–water partition coefficient (Wildman–Crippen LogP) is 0.915. The highest BCUT2D eigenvalue weighted by Crippen LogP contribution is 1.99. The van der Waals surface area contributed by atoms with Gasteiger partial charge in [-0.15, -0.1) is 0 Å². The van der Waals surface area contributed by atoms with Crippen LogP contribution in [0.4, 0.5) is 4.79 Å². The molecule has 5 nitrogen and oxygen atoms in total. The van der Waals surface area contributed by atoms with Gasteiger partial charge in [-0.1, -0.05) is 30.3 Å². The molecule has 0 aliphatic rings. The van der Waals surface area contributed by atoms with Gasteiger partial charge in [0.25, 0.3) is 0 Å². The SMILES string of the molecule is CS(=O)(=O)NC(=O)OCCc1ccccc1. The summed E-state index contributed by atoms with van der Waals surface area (Å²) in [5.41, 5.74) is 1.02. The average Bonchev–Trinajstić information content (AvgIpc) is 2.16. The average molecular weight is 243 g/mol. The fraction of sp³-hybridized carbons (Fsp3) is 0.300. The Kier molecular flexibility index (Phi) is 4.30. The number of nitrogens with one attached hydrogen (secondary N) is 1. The van der Waals surface area contributed by atoms with E-state index in [1.165, 1.54) is 0 Å². The number of sulfonamides is 1. The van der Waals surface area contributed by atoms with E-state index in [0.717, 1.165) is 11.8 Å². The minimum atomic E-state index is -3.54. The lowest BCUT2D eigenvalue weighted by atomic mass is 10.2. The molecule has 0 saturated carbocycles. The van der Waals surface area contributed by atoms with E-state index in [1.54, 1.807) is 4.72 Å². The first-order valence-corrected chi connectivity index (χ1v) is 6.55. The van der Waals surface area contributed by atoms with Gasteiger partial charge in [-0.2, -0.15) is 0 Å². The molecule has 0 heterocycles. The van der Waals surface area contributed by atoms with E-state index in [-0.39, 0.29) is 6.61 Å². The van der Waals surface area contributed by atoms with Crippen molar-refractivity contribution in [2.75, 3.05) is 12.9 Å². The summed E-state index contributed by atoms with van der Waals surface area (Å²) in [5.74, 6) is 0. The molecule has 16 heavy (non-hydrogen) atoms. The molecular formula is C10H13NO4S. The Morgan fingerprint density at radius 3 is 2.50 bits per heavy atom. The second-order valence-corrected chi connectivity index (χ2v) is 4.99. The van der Waals surface area contributed by atoms with Crippen molar-refractivity contribution >= 4 is 16.1 Å². The van der Waals surface area contributed by atoms with Gasteiger partial charge in [-0.05, 0) is 5.56 Å². The predicted molar refractivity (Wildman–Crippen MR) is 59.5 cm³/mol. The summed E-state index contributed by atoms with van der Waals surface area (Å²) in [4.78, 5) is 10.9. The summed E-state index contributed by atoms with van der Waals surface area (Å²) in [6.45, 7) is 0.144. The van der Waals surface area contributed by atoms with E-state index in [2.05, 4.69) is 0 Å². The number of amides is 1. The largest absolute Gasteiger partial charge is 0.449 e. The van der Waals surface area contributed by atoms with Crippen LogP contribution in [0.15, 0.2) is 30.3 Å². The molecule has 6 heteroatoms. The van der Waals surface area contributed by atoms with Crippen molar-refractivity contribution in [1.29, 1.82) is 0 Å². The second-order valence-electron chi connectivity index (χ2n) is 3.25. The minimum absolute atomic E-state index is 0.144. The zero-order chi connectivity index (χ0) is 12.0. The summed E-state index contributed by atoms with van der Waals surface area (Å²) in [6, 6.07) is 9.45. The molecule has 0 saturated heterocycles. The summed E-state index contributed by atoms with van der Waals surface area (Å²) in [7, 11) is -3.54. The molecule has 0 radical (unpaired) electrons. The number of rotatable bonds is 4. The Labute approximate surface area is 94.5 Å². The fourth-order valence-electron chi connectivity index (χ4n) is 1.09. The van der Waals surface area contributed by atoms with Crippen LogP contribution in [0.25, 0.3) is 0 Å². The van der Waals surface area contributed by atoms with Crippen LogP contribution in [0.2, 0.25) is 0 Å². The van der Waals surface area contributed by atoms with Crippen molar-refractivity contribution in [3.63, 3.8) is 0 Å². The molecule has 0 unspecified atom stereocenters. The molecule has 1 aromatic rings. The van der Waals surface area contributed by atoms with Gasteiger partial charge in [0.15, 0.2) is 0 Å². The molecular weight excluding hydrogens is 230 g/mol. The maximum absolute atomic E-state index is 10.9. The highest BCUT2D eigenvalue weighted by molar-refractivity contribution is 7.89. The quantitative estimate of drug-likeness (QED) is 0.853. The Balaban J connectivity index is 2.29.